The SMILES string of the molecule is CCC(CCNCC(C)(C)N)N=C(C)/C(=C\N)c1cnc(/C(C#N)=C\N)c(OC)c1.Cl. The van der Waals surface area contributed by atoms with E-state index in [2.05, 4.69) is 17.2 Å². The number of pyridine rings is 1. The summed E-state index contributed by atoms with van der Waals surface area (Å²) >= 11 is 0. The molecule has 0 amide bonds. The molecule has 31 heavy (non-hydrogen) atoms. The molecule has 0 spiro atoms. The van der Waals surface area contributed by atoms with Gasteiger partial charge in [-0.1, -0.05) is 6.92 Å². The van der Waals surface area contributed by atoms with E-state index >= 15 is 0 Å². The van der Waals surface area contributed by atoms with Gasteiger partial charge in [0, 0.05) is 47.5 Å². The summed E-state index contributed by atoms with van der Waals surface area (Å²) in [5.41, 5.74) is 20.1. The van der Waals surface area contributed by atoms with Gasteiger partial charge in [0.2, 0.25) is 0 Å². The Labute approximate surface area is 192 Å². The van der Waals surface area contributed by atoms with Gasteiger partial charge in [0.05, 0.1) is 18.7 Å². The molecular formula is C22H36ClN7O. The van der Waals surface area contributed by atoms with Crippen molar-refractivity contribution in [2.45, 2.75) is 52.1 Å². The van der Waals surface area contributed by atoms with Crippen LogP contribution in [0, 0.1) is 11.3 Å². The lowest BCUT2D eigenvalue weighted by atomic mass is 10.0. The molecule has 0 aromatic carbocycles. The Kier molecular flexibility index (Phi) is 12.5. The maximum atomic E-state index is 9.22. The number of hydrogen-bond donors (Lipinski definition) is 4. The third-order valence-electron chi connectivity index (χ3n) is 4.56. The van der Waals surface area contributed by atoms with Crippen LogP contribution < -0.4 is 27.3 Å². The molecule has 0 aliphatic carbocycles. The number of hydrogen-bond acceptors (Lipinski definition) is 8. The highest BCUT2D eigenvalue weighted by atomic mass is 35.5. The predicted octanol–water partition coefficient (Wildman–Crippen LogP) is 2.59. The normalized spacial score (nSPS) is 13.9. The molecule has 0 aliphatic rings. The summed E-state index contributed by atoms with van der Waals surface area (Å²) in [5, 5.41) is 12.6. The minimum Gasteiger partial charge on any atom is -0.494 e. The zero-order chi connectivity index (χ0) is 22.7. The Hall–Kier alpha value is -2.60. The number of nitrogens with two attached hydrogens (primary N) is 3. The lowest BCUT2D eigenvalue weighted by Crippen LogP contribution is -2.43. The van der Waals surface area contributed by atoms with Crippen molar-refractivity contribution >= 4 is 29.3 Å². The molecular weight excluding hydrogens is 414 g/mol. The van der Waals surface area contributed by atoms with E-state index in [9.17, 15) is 5.26 Å². The molecule has 0 saturated heterocycles. The highest BCUT2D eigenvalue weighted by Crippen LogP contribution is 2.27. The van der Waals surface area contributed by atoms with Crippen LogP contribution >= 0.6 is 12.4 Å². The average Bonchev–Trinajstić information content (AvgIpc) is 2.71. The standard InChI is InChI=1S/C22H35N7O.ClH/c1-6-18(7-8-27-14-22(3,4)26)29-15(2)19(12-25)16-9-20(30-5)21(28-13-16)17(10-23)11-24;/h9-10,12-13,18,27H,6-8,14,23,25-26H2,1-5H3;1H/b17-10-,19-12+,29-15?;. The van der Waals surface area contributed by atoms with E-state index in [0.717, 1.165) is 42.8 Å². The van der Waals surface area contributed by atoms with Crippen LogP contribution in [0.25, 0.3) is 11.1 Å². The third-order valence-corrected chi connectivity index (χ3v) is 4.56. The van der Waals surface area contributed by atoms with Crippen LogP contribution in [-0.2, 0) is 0 Å². The second-order valence-electron chi connectivity index (χ2n) is 7.78. The number of aliphatic imine (C=N–C) groups is 1. The van der Waals surface area contributed by atoms with Crippen molar-refractivity contribution < 1.29 is 4.74 Å². The summed E-state index contributed by atoms with van der Waals surface area (Å²) in [7, 11) is 1.52. The number of nitrogens with zero attached hydrogens (tertiary/aromatic N) is 3. The van der Waals surface area contributed by atoms with Gasteiger partial charge in [-0.05, 0) is 46.2 Å². The van der Waals surface area contributed by atoms with Crippen LogP contribution in [0.15, 0.2) is 29.7 Å². The number of nitriles is 1. The second-order valence-corrected chi connectivity index (χ2v) is 7.78. The van der Waals surface area contributed by atoms with Gasteiger partial charge in [-0.2, -0.15) is 5.26 Å². The van der Waals surface area contributed by atoms with E-state index in [4.69, 9.17) is 26.9 Å². The summed E-state index contributed by atoms with van der Waals surface area (Å²) in [6.07, 6.45) is 6.18. The van der Waals surface area contributed by atoms with Gasteiger partial charge in [-0.3, -0.25) is 9.98 Å². The molecule has 0 saturated carbocycles. The number of halogens is 1. The maximum Gasteiger partial charge on any atom is 0.146 e. The fourth-order valence-corrected chi connectivity index (χ4v) is 2.93. The lowest BCUT2D eigenvalue weighted by Gasteiger charge is -2.20. The topological polar surface area (TPSA) is 148 Å². The molecule has 1 atom stereocenters. The smallest absolute Gasteiger partial charge is 0.146 e. The Morgan fingerprint density at radius 1 is 1.39 bits per heavy atom. The van der Waals surface area contributed by atoms with Crippen LogP contribution in [0.4, 0.5) is 0 Å². The molecule has 9 heteroatoms. The Bertz CT molecular complexity index is 835. The summed E-state index contributed by atoms with van der Waals surface area (Å²) in [5.74, 6) is 0.443. The summed E-state index contributed by atoms with van der Waals surface area (Å²) < 4.78 is 5.40. The molecule has 0 fully saturated rings. The largest absolute Gasteiger partial charge is 0.494 e. The van der Waals surface area contributed by atoms with Crippen molar-refractivity contribution in [1.29, 1.82) is 5.26 Å². The van der Waals surface area contributed by atoms with Crippen molar-refractivity contribution in [3.05, 3.63) is 35.9 Å². The summed E-state index contributed by atoms with van der Waals surface area (Å²) in [6.45, 7) is 9.62. The van der Waals surface area contributed by atoms with Crippen LogP contribution in [0.5, 0.6) is 5.75 Å². The number of rotatable bonds is 11. The molecule has 172 valence electrons. The maximum absolute atomic E-state index is 9.22. The third kappa shape index (κ3) is 8.97. The number of ether oxygens (including phenoxy) is 1. The monoisotopic (exact) mass is 449 g/mol. The van der Waals surface area contributed by atoms with E-state index in [-0.39, 0.29) is 29.6 Å². The first kappa shape index (κ1) is 28.4. The Morgan fingerprint density at radius 2 is 2.06 bits per heavy atom. The Morgan fingerprint density at radius 3 is 2.55 bits per heavy atom. The van der Waals surface area contributed by atoms with Crippen molar-refractivity contribution in [1.82, 2.24) is 10.3 Å². The molecule has 1 unspecified atom stereocenters. The fraction of sp³-hybridized carbons (Fsp3) is 0.500. The molecule has 1 rings (SSSR count). The van der Waals surface area contributed by atoms with Gasteiger partial charge in [-0.25, -0.2) is 0 Å². The number of nitrogens with one attached hydrogen (secondary N) is 1. The first-order valence-corrected chi connectivity index (χ1v) is 10.0. The van der Waals surface area contributed by atoms with E-state index in [1.54, 1.807) is 12.3 Å². The zero-order valence-corrected chi connectivity index (χ0v) is 19.9. The van der Waals surface area contributed by atoms with Gasteiger partial charge < -0.3 is 27.3 Å². The van der Waals surface area contributed by atoms with Gasteiger partial charge in [0.25, 0.3) is 0 Å². The van der Waals surface area contributed by atoms with E-state index in [1.807, 2.05) is 26.8 Å². The van der Waals surface area contributed by atoms with E-state index in [0.29, 0.717) is 11.4 Å². The van der Waals surface area contributed by atoms with Gasteiger partial charge in [0.15, 0.2) is 0 Å². The average molecular weight is 450 g/mol. The van der Waals surface area contributed by atoms with Gasteiger partial charge in [0.1, 0.15) is 17.5 Å². The van der Waals surface area contributed by atoms with Crippen molar-refractivity contribution in [2.75, 3.05) is 20.2 Å². The van der Waals surface area contributed by atoms with Crippen molar-refractivity contribution in [2.24, 2.45) is 22.2 Å². The quantitative estimate of drug-likeness (QED) is 0.230. The minimum atomic E-state index is -0.237. The van der Waals surface area contributed by atoms with Gasteiger partial charge >= 0.3 is 0 Å². The highest BCUT2D eigenvalue weighted by Gasteiger charge is 2.15. The van der Waals surface area contributed by atoms with Gasteiger partial charge in [-0.15, -0.1) is 12.4 Å². The van der Waals surface area contributed by atoms with Crippen LogP contribution in [0.2, 0.25) is 0 Å². The van der Waals surface area contributed by atoms with Crippen LogP contribution in [0.1, 0.15) is 51.8 Å². The summed E-state index contributed by atoms with van der Waals surface area (Å²) in [6, 6.07) is 3.96. The van der Waals surface area contributed by atoms with E-state index in [1.165, 1.54) is 19.5 Å². The molecule has 0 radical (unpaired) electrons. The first-order chi connectivity index (χ1) is 14.2. The number of aromatic nitrogens is 1. The lowest BCUT2D eigenvalue weighted by molar-refractivity contribution is 0.411. The second kappa shape index (κ2) is 13.7. The van der Waals surface area contributed by atoms with Crippen LogP contribution in [-0.4, -0.2) is 42.5 Å². The fourth-order valence-electron chi connectivity index (χ4n) is 2.93. The molecule has 7 N–H and O–H groups in total. The molecule has 1 heterocycles. The number of methoxy groups -OCH3 is 1. The molecule has 1 aromatic heterocycles. The predicted molar refractivity (Wildman–Crippen MR) is 131 cm³/mol. The highest BCUT2D eigenvalue weighted by molar-refractivity contribution is 6.22. The van der Waals surface area contributed by atoms with E-state index < -0.39 is 0 Å². The van der Waals surface area contributed by atoms with Crippen molar-refractivity contribution in [3.8, 4) is 11.8 Å². The summed E-state index contributed by atoms with van der Waals surface area (Å²) in [4.78, 5) is 9.22. The molecule has 8 nitrogen and oxygen atoms in total. The molecule has 0 bridgehead atoms. The molecule has 1 aromatic rings. The first-order valence-electron chi connectivity index (χ1n) is 10.0. The van der Waals surface area contributed by atoms with Crippen molar-refractivity contribution in [3.63, 3.8) is 0 Å². The zero-order valence-electron chi connectivity index (χ0n) is 19.1. The molecule has 0 aliphatic heterocycles. The minimum absolute atomic E-state index is 0. The number of allylic oxidation sites excluding steroid dienone is 2. The van der Waals surface area contributed by atoms with Crippen LogP contribution in [0.3, 0.4) is 0 Å². The Balaban J connectivity index is 0.00000900.